The first-order valence-corrected chi connectivity index (χ1v) is 18.4. The van der Waals surface area contributed by atoms with Crippen molar-refractivity contribution in [2.75, 3.05) is 26.4 Å². The fraction of sp³-hybridized carbons (Fsp3) is 0.946. The van der Waals surface area contributed by atoms with Crippen LogP contribution in [-0.2, 0) is 19.0 Å². The number of aliphatic hydroxyl groups is 1. The Morgan fingerprint density at radius 2 is 1.12 bits per heavy atom. The molecule has 0 aliphatic heterocycles. The molecule has 251 valence electrons. The van der Waals surface area contributed by atoms with Crippen molar-refractivity contribution in [3.8, 4) is 0 Å². The molecule has 0 fully saturated rings. The summed E-state index contributed by atoms with van der Waals surface area (Å²) in [6, 6.07) is 0. The SMILES string of the molecule is C[CH]CCCC(CCCCC)CCCC(CO)COC(=O)CCC(OCCCCCCCC)OCCCCCCCC. The molecule has 0 rings (SSSR count). The largest absolute Gasteiger partial charge is 0.465 e. The maximum absolute atomic E-state index is 12.6. The van der Waals surface area contributed by atoms with E-state index in [0.717, 1.165) is 31.6 Å². The first kappa shape index (κ1) is 41.4. The molecule has 0 aromatic rings. The summed E-state index contributed by atoms with van der Waals surface area (Å²) >= 11 is 0. The van der Waals surface area contributed by atoms with Crippen LogP contribution in [-0.4, -0.2) is 43.8 Å². The zero-order chi connectivity index (χ0) is 30.9. The highest BCUT2D eigenvalue weighted by atomic mass is 16.7. The number of carbonyl (C=O) groups is 1. The number of rotatable bonds is 34. The van der Waals surface area contributed by atoms with Crippen molar-refractivity contribution in [2.24, 2.45) is 11.8 Å². The van der Waals surface area contributed by atoms with Gasteiger partial charge in [0, 0.05) is 32.2 Å². The van der Waals surface area contributed by atoms with Gasteiger partial charge in [-0.1, -0.05) is 150 Å². The molecule has 1 N–H and O–H groups in total. The molecule has 1 radical (unpaired) electrons. The third-order valence-corrected chi connectivity index (χ3v) is 8.47. The number of esters is 1. The molecule has 0 aromatic carbocycles. The van der Waals surface area contributed by atoms with Crippen LogP contribution in [0.25, 0.3) is 0 Å². The summed E-state index contributed by atoms with van der Waals surface area (Å²) < 4.78 is 17.7. The van der Waals surface area contributed by atoms with Gasteiger partial charge in [0.05, 0.1) is 13.0 Å². The fourth-order valence-electron chi connectivity index (χ4n) is 5.58. The summed E-state index contributed by atoms with van der Waals surface area (Å²) in [6.07, 6.45) is 29.7. The Balaban J connectivity index is 4.42. The summed E-state index contributed by atoms with van der Waals surface area (Å²) in [5.74, 6) is 0.596. The number of aliphatic hydroxyl groups excluding tert-OH is 1. The van der Waals surface area contributed by atoms with E-state index in [1.807, 2.05) is 0 Å². The summed E-state index contributed by atoms with van der Waals surface area (Å²) in [6.45, 7) is 10.6. The number of ether oxygens (including phenoxy) is 3. The van der Waals surface area contributed by atoms with Gasteiger partial charge in [-0.15, -0.1) is 0 Å². The summed E-state index contributed by atoms with van der Waals surface area (Å²) in [7, 11) is 0. The van der Waals surface area contributed by atoms with Crippen LogP contribution in [0.3, 0.4) is 0 Å². The molecule has 2 atom stereocenters. The maximum atomic E-state index is 12.6. The first-order valence-electron chi connectivity index (χ1n) is 18.4. The van der Waals surface area contributed by atoms with Crippen molar-refractivity contribution in [3.63, 3.8) is 0 Å². The molecule has 5 nitrogen and oxygen atoms in total. The lowest BCUT2D eigenvalue weighted by molar-refractivity contribution is -0.160. The standard InChI is InChI=1S/C37H73O5/c1-5-9-13-15-17-21-30-40-37(41-31-22-18-16-14-10-6-2)29-28-36(39)42-33-35(32-38)27-23-26-34(24-19-11-7-3)25-20-12-8-4/h7,34-35,37-38H,5-6,8-33H2,1-4H3. The smallest absolute Gasteiger partial charge is 0.305 e. The topological polar surface area (TPSA) is 65.0 Å². The van der Waals surface area contributed by atoms with Crippen LogP contribution < -0.4 is 0 Å². The van der Waals surface area contributed by atoms with Gasteiger partial charge in [-0.3, -0.25) is 4.79 Å². The van der Waals surface area contributed by atoms with Crippen LogP contribution in [0.15, 0.2) is 0 Å². The van der Waals surface area contributed by atoms with E-state index in [9.17, 15) is 9.90 Å². The van der Waals surface area contributed by atoms with Gasteiger partial charge >= 0.3 is 5.97 Å². The lowest BCUT2D eigenvalue weighted by Gasteiger charge is -2.20. The molecular weight excluding hydrogens is 524 g/mol. The van der Waals surface area contributed by atoms with Gasteiger partial charge < -0.3 is 19.3 Å². The van der Waals surface area contributed by atoms with Gasteiger partial charge in [-0.25, -0.2) is 0 Å². The van der Waals surface area contributed by atoms with Crippen molar-refractivity contribution in [1.82, 2.24) is 0 Å². The summed E-state index contributed by atoms with van der Waals surface area (Å²) in [4.78, 5) is 12.6. The Hall–Kier alpha value is -0.650. The highest BCUT2D eigenvalue weighted by molar-refractivity contribution is 5.69. The van der Waals surface area contributed by atoms with E-state index < -0.39 is 0 Å². The average molecular weight is 598 g/mol. The predicted molar refractivity (Wildman–Crippen MR) is 179 cm³/mol. The molecule has 0 bridgehead atoms. The quantitative estimate of drug-likeness (QED) is 0.0454. The van der Waals surface area contributed by atoms with Crippen LogP contribution in [0.1, 0.15) is 182 Å². The molecule has 0 spiro atoms. The molecule has 0 aromatic heterocycles. The Morgan fingerprint density at radius 3 is 1.69 bits per heavy atom. The summed E-state index contributed by atoms with van der Waals surface area (Å²) in [5.41, 5.74) is 0. The third-order valence-electron chi connectivity index (χ3n) is 8.47. The molecule has 0 aliphatic carbocycles. The fourth-order valence-corrected chi connectivity index (χ4v) is 5.58. The van der Waals surface area contributed by atoms with E-state index in [-0.39, 0.29) is 24.8 Å². The molecule has 0 amide bonds. The van der Waals surface area contributed by atoms with E-state index in [1.165, 1.54) is 116 Å². The van der Waals surface area contributed by atoms with E-state index in [4.69, 9.17) is 14.2 Å². The molecule has 0 heterocycles. The average Bonchev–Trinajstić information content (AvgIpc) is 3.00. The number of carbonyl (C=O) groups excluding carboxylic acids is 1. The van der Waals surface area contributed by atoms with Crippen molar-refractivity contribution < 1.29 is 24.1 Å². The third kappa shape index (κ3) is 28.1. The zero-order valence-corrected chi connectivity index (χ0v) is 28.7. The normalized spacial score (nSPS) is 12.5. The molecule has 2 unspecified atom stereocenters. The van der Waals surface area contributed by atoms with Gasteiger partial charge in [-0.05, 0) is 31.6 Å². The minimum atomic E-state index is -0.340. The van der Waals surface area contributed by atoms with Crippen molar-refractivity contribution in [1.29, 1.82) is 0 Å². The van der Waals surface area contributed by atoms with Crippen LogP contribution in [0.5, 0.6) is 0 Å². The van der Waals surface area contributed by atoms with Gasteiger partial charge in [0.2, 0.25) is 0 Å². The lowest BCUT2D eigenvalue weighted by atomic mass is 9.89. The zero-order valence-electron chi connectivity index (χ0n) is 28.7. The highest BCUT2D eigenvalue weighted by Gasteiger charge is 2.16. The Bertz CT molecular complexity index is 512. The van der Waals surface area contributed by atoms with E-state index in [1.54, 1.807) is 0 Å². The second-order valence-corrected chi connectivity index (χ2v) is 12.6. The van der Waals surface area contributed by atoms with E-state index in [2.05, 4.69) is 34.1 Å². The van der Waals surface area contributed by atoms with Crippen LogP contribution >= 0.6 is 0 Å². The van der Waals surface area contributed by atoms with E-state index >= 15 is 0 Å². The van der Waals surface area contributed by atoms with Gasteiger partial charge in [-0.2, -0.15) is 0 Å². The molecule has 0 saturated heterocycles. The molecule has 0 aliphatic rings. The second-order valence-electron chi connectivity index (χ2n) is 12.6. The Kier molecular flexibility index (Phi) is 32.7. The summed E-state index contributed by atoms with van der Waals surface area (Å²) in [5, 5.41) is 9.91. The Morgan fingerprint density at radius 1 is 0.619 bits per heavy atom. The molecule has 42 heavy (non-hydrogen) atoms. The monoisotopic (exact) mass is 598 g/mol. The van der Waals surface area contributed by atoms with Crippen LogP contribution in [0.4, 0.5) is 0 Å². The maximum Gasteiger partial charge on any atom is 0.305 e. The van der Waals surface area contributed by atoms with Gasteiger partial charge in [0.1, 0.15) is 0 Å². The van der Waals surface area contributed by atoms with Crippen molar-refractivity contribution in [3.05, 3.63) is 6.42 Å². The molecule has 0 saturated carbocycles. The second kappa shape index (κ2) is 33.2. The van der Waals surface area contributed by atoms with Gasteiger partial charge in [0.25, 0.3) is 0 Å². The Labute approximate surface area is 262 Å². The van der Waals surface area contributed by atoms with Crippen LogP contribution in [0, 0.1) is 18.3 Å². The minimum absolute atomic E-state index is 0.0259. The molecular formula is C37H73O5. The molecule has 5 heteroatoms. The first-order chi connectivity index (χ1) is 20.6. The van der Waals surface area contributed by atoms with Crippen molar-refractivity contribution >= 4 is 5.97 Å². The minimum Gasteiger partial charge on any atom is -0.465 e. The van der Waals surface area contributed by atoms with Gasteiger partial charge in [0.15, 0.2) is 6.29 Å². The predicted octanol–water partition coefficient (Wildman–Crippen LogP) is 10.8. The lowest BCUT2D eigenvalue weighted by Crippen LogP contribution is -2.22. The number of unbranched alkanes of at least 4 members (excludes halogenated alkanes) is 14. The van der Waals surface area contributed by atoms with Crippen LogP contribution in [0.2, 0.25) is 0 Å². The van der Waals surface area contributed by atoms with Crippen molar-refractivity contribution in [2.45, 2.75) is 188 Å². The number of hydrogen-bond donors (Lipinski definition) is 1. The van der Waals surface area contributed by atoms with E-state index in [0.29, 0.717) is 32.7 Å². The number of hydrogen-bond acceptors (Lipinski definition) is 5. The highest BCUT2D eigenvalue weighted by Crippen LogP contribution is 2.24.